The van der Waals surface area contributed by atoms with Crippen LogP contribution in [0.15, 0.2) is 0 Å². The third-order valence-electron chi connectivity index (χ3n) is 3.70. The molecule has 0 aromatic carbocycles. The summed E-state index contributed by atoms with van der Waals surface area (Å²) in [6.07, 6.45) is 2.77. The molecule has 1 N–H and O–H groups in total. The molecule has 98 valence electrons. The molecule has 1 saturated heterocycles. The summed E-state index contributed by atoms with van der Waals surface area (Å²) in [6, 6.07) is 0. The first kappa shape index (κ1) is 12.6. The predicted octanol–water partition coefficient (Wildman–Crippen LogP) is 0.675. The van der Waals surface area contributed by atoms with Crippen molar-refractivity contribution in [3.63, 3.8) is 0 Å². The van der Waals surface area contributed by atoms with E-state index in [9.17, 15) is 9.90 Å². The van der Waals surface area contributed by atoms with Gasteiger partial charge in [-0.2, -0.15) is 0 Å². The van der Waals surface area contributed by atoms with Gasteiger partial charge in [-0.15, -0.1) is 0 Å². The number of amides is 1. The van der Waals surface area contributed by atoms with Crippen LogP contribution in [0.1, 0.15) is 26.2 Å². The Bertz CT molecular complexity index is 271. The highest BCUT2D eigenvalue weighted by atomic mass is 16.6. The summed E-state index contributed by atoms with van der Waals surface area (Å²) in [6.45, 7) is 6.08. The molecule has 1 aliphatic carbocycles. The van der Waals surface area contributed by atoms with Gasteiger partial charge in [0, 0.05) is 32.7 Å². The maximum atomic E-state index is 11.5. The van der Waals surface area contributed by atoms with Crippen LogP contribution in [0.25, 0.3) is 0 Å². The van der Waals surface area contributed by atoms with Gasteiger partial charge in [0.25, 0.3) is 0 Å². The Morgan fingerprint density at radius 1 is 1.29 bits per heavy atom. The smallest absolute Gasteiger partial charge is 0.409 e. The van der Waals surface area contributed by atoms with Gasteiger partial charge in [-0.3, -0.25) is 4.90 Å². The van der Waals surface area contributed by atoms with E-state index >= 15 is 0 Å². The van der Waals surface area contributed by atoms with Crippen molar-refractivity contribution in [2.45, 2.75) is 31.8 Å². The second-order valence-corrected chi connectivity index (χ2v) is 5.04. The van der Waals surface area contributed by atoms with E-state index in [0.717, 1.165) is 38.9 Å². The molecule has 1 aliphatic heterocycles. The van der Waals surface area contributed by atoms with E-state index in [1.165, 1.54) is 0 Å². The Labute approximate surface area is 102 Å². The highest BCUT2D eigenvalue weighted by Gasteiger charge is 2.37. The van der Waals surface area contributed by atoms with Gasteiger partial charge < -0.3 is 14.7 Å². The van der Waals surface area contributed by atoms with Gasteiger partial charge in [-0.25, -0.2) is 4.79 Å². The van der Waals surface area contributed by atoms with Gasteiger partial charge in [-0.05, 0) is 26.2 Å². The molecular formula is C12H22N2O3. The second kappa shape index (κ2) is 5.23. The van der Waals surface area contributed by atoms with Gasteiger partial charge >= 0.3 is 6.09 Å². The van der Waals surface area contributed by atoms with Crippen LogP contribution < -0.4 is 0 Å². The van der Waals surface area contributed by atoms with E-state index in [2.05, 4.69) is 4.90 Å². The summed E-state index contributed by atoms with van der Waals surface area (Å²) in [5.41, 5.74) is -0.452. The number of aliphatic hydroxyl groups is 1. The normalized spacial score (nSPS) is 24.2. The molecule has 0 spiro atoms. The maximum Gasteiger partial charge on any atom is 0.409 e. The number of ether oxygens (including phenoxy) is 1. The molecule has 0 atom stereocenters. The lowest BCUT2D eigenvalue weighted by molar-refractivity contribution is -0.0647. The standard InChI is InChI=1S/C12H22N2O3/c1-2-17-11(15)14-8-6-13(7-9-14)10-12(16)4-3-5-12/h16H,2-10H2,1H3. The molecule has 0 bridgehead atoms. The van der Waals surface area contributed by atoms with E-state index in [1.54, 1.807) is 4.90 Å². The number of nitrogens with zero attached hydrogens (tertiary/aromatic N) is 2. The zero-order valence-corrected chi connectivity index (χ0v) is 10.5. The number of β-amino-alcohol motifs (C(OH)–C–C–N with tert-alkyl or cyclic N) is 1. The van der Waals surface area contributed by atoms with E-state index in [4.69, 9.17) is 4.74 Å². The molecule has 1 saturated carbocycles. The molecule has 1 amide bonds. The summed E-state index contributed by atoms with van der Waals surface area (Å²) in [7, 11) is 0. The molecule has 5 heteroatoms. The lowest BCUT2D eigenvalue weighted by Crippen LogP contribution is -2.55. The third kappa shape index (κ3) is 3.10. The minimum atomic E-state index is -0.452. The highest BCUT2D eigenvalue weighted by Crippen LogP contribution is 2.32. The minimum Gasteiger partial charge on any atom is -0.450 e. The first-order valence-electron chi connectivity index (χ1n) is 6.49. The van der Waals surface area contributed by atoms with Crippen LogP contribution in [0.2, 0.25) is 0 Å². The van der Waals surface area contributed by atoms with Crippen LogP contribution >= 0.6 is 0 Å². The molecule has 0 radical (unpaired) electrons. The molecule has 1 heterocycles. The van der Waals surface area contributed by atoms with Crippen LogP contribution in [-0.4, -0.2) is 65.9 Å². The Morgan fingerprint density at radius 2 is 1.94 bits per heavy atom. The zero-order chi connectivity index (χ0) is 12.3. The van der Waals surface area contributed by atoms with Crippen LogP contribution in [0.5, 0.6) is 0 Å². The highest BCUT2D eigenvalue weighted by molar-refractivity contribution is 5.67. The van der Waals surface area contributed by atoms with Crippen LogP contribution in [0.4, 0.5) is 4.79 Å². The number of hydrogen-bond acceptors (Lipinski definition) is 4. The van der Waals surface area contributed by atoms with E-state index in [-0.39, 0.29) is 6.09 Å². The molecule has 2 fully saturated rings. The average molecular weight is 242 g/mol. The van der Waals surface area contributed by atoms with Crippen molar-refractivity contribution in [1.82, 2.24) is 9.80 Å². The molecule has 2 aliphatic rings. The zero-order valence-electron chi connectivity index (χ0n) is 10.5. The molecule has 17 heavy (non-hydrogen) atoms. The minimum absolute atomic E-state index is 0.213. The Morgan fingerprint density at radius 3 is 2.41 bits per heavy atom. The first-order chi connectivity index (χ1) is 8.13. The molecule has 0 unspecified atom stereocenters. The van der Waals surface area contributed by atoms with Crippen molar-refractivity contribution < 1.29 is 14.6 Å². The monoisotopic (exact) mass is 242 g/mol. The number of carbonyl (C=O) groups is 1. The van der Waals surface area contributed by atoms with Crippen molar-refractivity contribution in [2.24, 2.45) is 0 Å². The number of rotatable bonds is 3. The first-order valence-corrected chi connectivity index (χ1v) is 6.49. The topological polar surface area (TPSA) is 53.0 Å². The van der Waals surface area contributed by atoms with E-state index in [1.807, 2.05) is 6.92 Å². The Hall–Kier alpha value is -0.810. The fourth-order valence-electron chi connectivity index (χ4n) is 2.46. The SMILES string of the molecule is CCOC(=O)N1CCN(CC2(O)CCC2)CC1. The molecule has 0 aromatic heterocycles. The fourth-order valence-corrected chi connectivity index (χ4v) is 2.46. The third-order valence-corrected chi connectivity index (χ3v) is 3.70. The summed E-state index contributed by atoms with van der Waals surface area (Å²) >= 11 is 0. The van der Waals surface area contributed by atoms with Crippen molar-refractivity contribution in [3.8, 4) is 0 Å². The molecular weight excluding hydrogens is 220 g/mol. The van der Waals surface area contributed by atoms with Crippen LogP contribution in [0, 0.1) is 0 Å². The van der Waals surface area contributed by atoms with Gasteiger partial charge in [0.05, 0.1) is 12.2 Å². The second-order valence-electron chi connectivity index (χ2n) is 5.04. The summed E-state index contributed by atoms with van der Waals surface area (Å²) in [5, 5.41) is 10.1. The Balaban J connectivity index is 1.72. The lowest BCUT2D eigenvalue weighted by Gasteiger charge is -2.43. The summed E-state index contributed by atoms with van der Waals surface area (Å²) < 4.78 is 4.97. The van der Waals surface area contributed by atoms with Crippen LogP contribution in [0.3, 0.4) is 0 Å². The molecule has 2 rings (SSSR count). The van der Waals surface area contributed by atoms with E-state index < -0.39 is 5.60 Å². The average Bonchev–Trinajstić information content (AvgIpc) is 2.28. The van der Waals surface area contributed by atoms with Gasteiger partial charge in [0.2, 0.25) is 0 Å². The molecule has 5 nitrogen and oxygen atoms in total. The maximum absolute atomic E-state index is 11.5. The van der Waals surface area contributed by atoms with Crippen molar-refractivity contribution >= 4 is 6.09 Å². The van der Waals surface area contributed by atoms with Gasteiger partial charge in [0.1, 0.15) is 0 Å². The largest absolute Gasteiger partial charge is 0.450 e. The van der Waals surface area contributed by atoms with Crippen molar-refractivity contribution in [1.29, 1.82) is 0 Å². The number of carbonyl (C=O) groups excluding carboxylic acids is 1. The van der Waals surface area contributed by atoms with E-state index in [0.29, 0.717) is 19.7 Å². The quantitative estimate of drug-likeness (QED) is 0.790. The van der Waals surface area contributed by atoms with Gasteiger partial charge in [0.15, 0.2) is 0 Å². The number of hydrogen-bond donors (Lipinski definition) is 1. The predicted molar refractivity (Wildman–Crippen MR) is 63.8 cm³/mol. The van der Waals surface area contributed by atoms with Crippen molar-refractivity contribution in [3.05, 3.63) is 0 Å². The molecule has 0 aromatic rings. The summed E-state index contributed by atoms with van der Waals surface area (Å²) in [4.78, 5) is 15.5. The fraction of sp³-hybridized carbons (Fsp3) is 0.917. The Kier molecular flexibility index (Phi) is 3.89. The lowest BCUT2D eigenvalue weighted by atomic mass is 9.80. The van der Waals surface area contributed by atoms with Gasteiger partial charge in [-0.1, -0.05) is 0 Å². The number of piperazine rings is 1. The summed E-state index contributed by atoms with van der Waals surface area (Å²) in [5.74, 6) is 0. The van der Waals surface area contributed by atoms with Crippen molar-refractivity contribution in [2.75, 3.05) is 39.3 Å². The van der Waals surface area contributed by atoms with Crippen LogP contribution in [-0.2, 0) is 4.74 Å².